The number of nitrogens with one attached hydrogen (secondary N) is 1. The molecule has 0 aliphatic rings. The third-order valence-electron chi connectivity index (χ3n) is 2.82. The van der Waals surface area contributed by atoms with Crippen LogP contribution in [0.1, 0.15) is 10.4 Å². The number of carbonyl (C=O) groups excluding carboxylic acids is 1. The Morgan fingerprint density at radius 1 is 1.29 bits per heavy atom. The number of rotatable bonds is 4. The summed E-state index contributed by atoms with van der Waals surface area (Å²) in [6.45, 7) is 0. The molecule has 1 amide bonds. The summed E-state index contributed by atoms with van der Waals surface area (Å²) in [5.74, 6) is -0.170. The number of ether oxygens (including phenoxy) is 1. The van der Waals surface area contributed by atoms with Crippen molar-refractivity contribution in [1.29, 1.82) is 0 Å². The third-order valence-corrected chi connectivity index (χ3v) is 2.82. The molecule has 0 fully saturated rings. The molecular formula is C14H13N3O4. The van der Waals surface area contributed by atoms with Gasteiger partial charge in [-0.2, -0.15) is 0 Å². The van der Waals surface area contributed by atoms with E-state index in [0.29, 0.717) is 11.4 Å². The molecule has 0 bridgehead atoms. The van der Waals surface area contributed by atoms with Crippen molar-refractivity contribution in [2.24, 2.45) is 0 Å². The molecule has 2 rings (SSSR count). The van der Waals surface area contributed by atoms with Gasteiger partial charge in [0.25, 0.3) is 11.6 Å². The molecule has 0 aliphatic carbocycles. The minimum Gasteiger partial charge on any atom is -0.495 e. The Hall–Kier alpha value is -3.09. The second-order valence-corrected chi connectivity index (χ2v) is 4.19. The number of nitrogen functional groups attached to an aromatic ring is 1. The normalized spacial score (nSPS) is 9.95. The van der Waals surface area contributed by atoms with Gasteiger partial charge in [0.1, 0.15) is 11.3 Å². The van der Waals surface area contributed by atoms with E-state index in [0.717, 1.165) is 0 Å². The Morgan fingerprint density at radius 2 is 2.00 bits per heavy atom. The summed E-state index contributed by atoms with van der Waals surface area (Å²) in [5.41, 5.74) is 5.86. The fourth-order valence-electron chi connectivity index (χ4n) is 1.83. The molecule has 0 aromatic heterocycles. The minimum absolute atomic E-state index is 0.106. The lowest BCUT2D eigenvalue weighted by molar-refractivity contribution is -0.385. The average Bonchev–Trinajstić information content (AvgIpc) is 2.47. The molecule has 0 radical (unpaired) electrons. The van der Waals surface area contributed by atoms with E-state index in [9.17, 15) is 14.9 Å². The van der Waals surface area contributed by atoms with Crippen LogP contribution in [0.15, 0.2) is 42.5 Å². The van der Waals surface area contributed by atoms with Crippen molar-refractivity contribution in [3.8, 4) is 5.75 Å². The molecule has 2 aromatic carbocycles. The van der Waals surface area contributed by atoms with Crippen molar-refractivity contribution < 1.29 is 14.5 Å². The Bertz CT molecular complexity index is 700. The summed E-state index contributed by atoms with van der Waals surface area (Å²) >= 11 is 0. The summed E-state index contributed by atoms with van der Waals surface area (Å²) < 4.78 is 5.11. The number of nitrogens with two attached hydrogens (primary N) is 1. The van der Waals surface area contributed by atoms with E-state index in [1.165, 1.54) is 25.3 Å². The molecule has 0 saturated carbocycles. The van der Waals surface area contributed by atoms with Crippen molar-refractivity contribution in [2.75, 3.05) is 18.2 Å². The monoisotopic (exact) mass is 287 g/mol. The van der Waals surface area contributed by atoms with E-state index < -0.39 is 10.8 Å². The topological polar surface area (TPSA) is 107 Å². The van der Waals surface area contributed by atoms with Crippen LogP contribution in [0.25, 0.3) is 0 Å². The molecule has 0 unspecified atom stereocenters. The number of methoxy groups -OCH3 is 1. The summed E-state index contributed by atoms with van der Waals surface area (Å²) in [4.78, 5) is 22.6. The molecule has 0 spiro atoms. The second-order valence-electron chi connectivity index (χ2n) is 4.19. The Morgan fingerprint density at radius 3 is 2.67 bits per heavy atom. The second kappa shape index (κ2) is 5.91. The Kier molecular flexibility index (Phi) is 4.03. The lowest BCUT2D eigenvalue weighted by Gasteiger charge is -2.10. The first-order valence-electron chi connectivity index (χ1n) is 6.01. The van der Waals surface area contributed by atoms with Gasteiger partial charge in [-0.3, -0.25) is 14.9 Å². The van der Waals surface area contributed by atoms with Gasteiger partial charge in [0.2, 0.25) is 0 Å². The van der Waals surface area contributed by atoms with Gasteiger partial charge in [-0.05, 0) is 24.3 Å². The lowest BCUT2D eigenvalue weighted by atomic mass is 10.1. The highest BCUT2D eigenvalue weighted by atomic mass is 16.6. The largest absolute Gasteiger partial charge is 0.495 e. The maximum atomic E-state index is 12.2. The van der Waals surface area contributed by atoms with Gasteiger partial charge in [0.05, 0.1) is 17.7 Å². The number of amides is 1. The summed E-state index contributed by atoms with van der Waals surface area (Å²) in [6.07, 6.45) is 0. The van der Waals surface area contributed by atoms with Crippen molar-refractivity contribution in [3.05, 3.63) is 58.1 Å². The molecular weight excluding hydrogens is 274 g/mol. The standard InChI is InChI=1S/C14H13N3O4/c1-21-13-5-3-2-4-11(13)16-14(18)10-8-9(15)6-7-12(10)17(19)20/h2-8H,15H2,1H3,(H,16,18). The fourth-order valence-corrected chi connectivity index (χ4v) is 1.83. The van der Waals surface area contributed by atoms with Crippen LogP contribution in [0.5, 0.6) is 5.75 Å². The van der Waals surface area contributed by atoms with Gasteiger partial charge in [-0.25, -0.2) is 0 Å². The fraction of sp³-hybridized carbons (Fsp3) is 0.0714. The van der Waals surface area contributed by atoms with E-state index in [1.54, 1.807) is 24.3 Å². The number of anilines is 2. The molecule has 2 aromatic rings. The predicted octanol–water partition coefficient (Wildman–Crippen LogP) is 2.44. The number of nitro benzene ring substituents is 1. The molecule has 0 atom stereocenters. The van der Waals surface area contributed by atoms with Gasteiger partial charge in [-0.1, -0.05) is 12.1 Å². The number of hydrogen-bond acceptors (Lipinski definition) is 5. The maximum Gasteiger partial charge on any atom is 0.282 e. The third kappa shape index (κ3) is 3.08. The zero-order valence-electron chi connectivity index (χ0n) is 11.2. The van der Waals surface area contributed by atoms with Crippen LogP contribution in [0.4, 0.5) is 17.1 Å². The first-order chi connectivity index (χ1) is 10.0. The smallest absolute Gasteiger partial charge is 0.282 e. The van der Waals surface area contributed by atoms with Crippen molar-refractivity contribution in [3.63, 3.8) is 0 Å². The molecule has 0 heterocycles. The van der Waals surface area contributed by atoms with Gasteiger partial charge < -0.3 is 15.8 Å². The van der Waals surface area contributed by atoms with E-state index in [1.807, 2.05) is 0 Å². The highest BCUT2D eigenvalue weighted by Gasteiger charge is 2.21. The average molecular weight is 287 g/mol. The van der Waals surface area contributed by atoms with Crippen LogP contribution in [0.2, 0.25) is 0 Å². The van der Waals surface area contributed by atoms with E-state index in [2.05, 4.69) is 5.32 Å². The summed E-state index contributed by atoms with van der Waals surface area (Å²) in [5, 5.41) is 13.5. The van der Waals surface area contributed by atoms with Gasteiger partial charge in [0.15, 0.2) is 0 Å². The molecule has 108 valence electrons. The molecule has 3 N–H and O–H groups in total. The number of para-hydroxylation sites is 2. The Balaban J connectivity index is 2.37. The lowest BCUT2D eigenvalue weighted by Crippen LogP contribution is -2.15. The first-order valence-corrected chi connectivity index (χ1v) is 6.01. The van der Waals surface area contributed by atoms with Crippen LogP contribution in [-0.4, -0.2) is 17.9 Å². The molecule has 21 heavy (non-hydrogen) atoms. The van der Waals surface area contributed by atoms with Crippen LogP contribution >= 0.6 is 0 Å². The van der Waals surface area contributed by atoms with Gasteiger partial charge >= 0.3 is 0 Å². The molecule has 0 saturated heterocycles. The van der Waals surface area contributed by atoms with E-state index in [4.69, 9.17) is 10.5 Å². The zero-order valence-corrected chi connectivity index (χ0v) is 11.2. The van der Waals surface area contributed by atoms with Gasteiger partial charge in [0, 0.05) is 11.8 Å². The predicted molar refractivity (Wildman–Crippen MR) is 78.5 cm³/mol. The van der Waals surface area contributed by atoms with E-state index >= 15 is 0 Å². The van der Waals surface area contributed by atoms with Crippen molar-refractivity contribution >= 4 is 23.0 Å². The number of hydrogen-bond donors (Lipinski definition) is 2. The van der Waals surface area contributed by atoms with Crippen LogP contribution < -0.4 is 15.8 Å². The van der Waals surface area contributed by atoms with Crippen molar-refractivity contribution in [2.45, 2.75) is 0 Å². The van der Waals surface area contributed by atoms with Gasteiger partial charge in [-0.15, -0.1) is 0 Å². The summed E-state index contributed by atoms with van der Waals surface area (Å²) in [7, 11) is 1.47. The quantitative estimate of drug-likeness (QED) is 0.510. The van der Waals surface area contributed by atoms with Crippen LogP contribution in [0.3, 0.4) is 0 Å². The Labute approximate surface area is 120 Å². The minimum atomic E-state index is -0.628. The molecule has 0 aliphatic heterocycles. The van der Waals surface area contributed by atoms with Crippen LogP contribution in [0, 0.1) is 10.1 Å². The number of benzene rings is 2. The number of nitrogens with zero attached hydrogens (tertiary/aromatic N) is 1. The van der Waals surface area contributed by atoms with E-state index in [-0.39, 0.29) is 16.9 Å². The zero-order chi connectivity index (χ0) is 15.4. The van der Waals surface area contributed by atoms with Crippen LogP contribution in [-0.2, 0) is 0 Å². The van der Waals surface area contributed by atoms with Crippen molar-refractivity contribution in [1.82, 2.24) is 0 Å². The SMILES string of the molecule is COc1ccccc1NC(=O)c1cc(N)ccc1[N+](=O)[O-]. The maximum absolute atomic E-state index is 12.2. The number of carbonyl (C=O) groups is 1. The summed E-state index contributed by atoms with van der Waals surface area (Å²) in [6, 6.07) is 10.6. The molecule has 7 heteroatoms. The molecule has 7 nitrogen and oxygen atoms in total. The highest BCUT2D eigenvalue weighted by molar-refractivity contribution is 6.08. The number of nitro groups is 1. The first kappa shape index (κ1) is 14.3. The highest BCUT2D eigenvalue weighted by Crippen LogP contribution is 2.26.